The Morgan fingerprint density at radius 2 is 1.78 bits per heavy atom. The van der Waals surface area contributed by atoms with Crippen molar-refractivity contribution < 1.29 is 15.0 Å². The fourth-order valence-corrected chi connectivity index (χ4v) is 2.01. The molecule has 2 rings (SSSR count). The average Bonchev–Trinajstić information content (AvgIpc) is 2.54. The number of aliphatic hydroxyl groups is 1. The number of aliphatic hydroxyl groups excluding tert-OH is 1. The summed E-state index contributed by atoms with van der Waals surface area (Å²) in [5, 5.41) is 24.3. The third-order valence-corrected chi connectivity index (χ3v) is 3.27. The summed E-state index contributed by atoms with van der Waals surface area (Å²) < 4.78 is 0. The standard InChI is InChI=1S/C16H20N4O3/c1-11(21)14(15(22)23)17-8-13-9-19-16(20-10-13)18-7-12-5-3-2-4-6-12/h2-6,9-11,14,17,21H,7-8H2,1H3,(H,22,23)(H,18,19,20)/t11-,14-/m0/s1. The lowest BCUT2D eigenvalue weighted by Crippen LogP contribution is -2.44. The van der Waals surface area contributed by atoms with Crippen LogP contribution in [0, 0.1) is 0 Å². The number of nitrogens with zero attached hydrogens (tertiary/aromatic N) is 2. The van der Waals surface area contributed by atoms with Crippen molar-refractivity contribution in [1.29, 1.82) is 0 Å². The zero-order valence-corrected chi connectivity index (χ0v) is 12.8. The molecular formula is C16H20N4O3. The highest BCUT2D eigenvalue weighted by Gasteiger charge is 2.22. The van der Waals surface area contributed by atoms with Gasteiger partial charge in [0.1, 0.15) is 6.04 Å². The molecule has 0 aliphatic rings. The maximum Gasteiger partial charge on any atom is 0.323 e. The van der Waals surface area contributed by atoms with E-state index in [2.05, 4.69) is 20.6 Å². The number of rotatable bonds is 8. The van der Waals surface area contributed by atoms with Gasteiger partial charge in [0.25, 0.3) is 0 Å². The molecule has 7 heteroatoms. The van der Waals surface area contributed by atoms with E-state index in [4.69, 9.17) is 5.11 Å². The number of hydrogen-bond acceptors (Lipinski definition) is 6. The normalized spacial score (nSPS) is 13.3. The van der Waals surface area contributed by atoms with Crippen LogP contribution >= 0.6 is 0 Å². The molecule has 1 aromatic heterocycles. The molecule has 1 heterocycles. The van der Waals surface area contributed by atoms with Crippen LogP contribution in [0.5, 0.6) is 0 Å². The topological polar surface area (TPSA) is 107 Å². The van der Waals surface area contributed by atoms with E-state index in [0.717, 1.165) is 11.1 Å². The van der Waals surface area contributed by atoms with Gasteiger partial charge in [0.2, 0.25) is 5.95 Å². The molecule has 0 aliphatic heterocycles. The predicted molar refractivity (Wildman–Crippen MR) is 85.7 cm³/mol. The summed E-state index contributed by atoms with van der Waals surface area (Å²) in [4.78, 5) is 19.4. The molecule has 122 valence electrons. The lowest BCUT2D eigenvalue weighted by molar-refractivity contribution is -0.142. The summed E-state index contributed by atoms with van der Waals surface area (Å²) in [5.41, 5.74) is 1.87. The van der Waals surface area contributed by atoms with Crippen LogP contribution in [0.1, 0.15) is 18.1 Å². The summed E-state index contributed by atoms with van der Waals surface area (Å²) in [6.07, 6.45) is 2.25. The number of anilines is 1. The second kappa shape index (κ2) is 8.21. The van der Waals surface area contributed by atoms with Gasteiger partial charge in [-0.2, -0.15) is 0 Å². The highest BCUT2D eigenvalue weighted by Crippen LogP contribution is 2.05. The Balaban J connectivity index is 1.85. The first kappa shape index (κ1) is 16.9. The van der Waals surface area contributed by atoms with Crippen LogP contribution in [0.15, 0.2) is 42.7 Å². The number of hydrogen-bond donors (Lipinski definition) is 4. The van der Waals surface area contributed by atoms with Crippen molar-refractivity contribution in [3.63, 3.8) is 0 Å². The molecule has 23 heavy (non-hydrogen) atoms. The number of aliphatic carboxylic acids is 1. The van der Waals surface area contributed by atoms with Gasteiger partial charge in [-0.15, -0.1) is 0 Å². The lowest BCUT2D eigenvalue weighted by atomic mass is 10.2. The molecule has 0 saturated heterocycles. The van der Waals surface area contributed by atoms with Gasteiger partial charge in [0.15, 0.2) is 0 Å². The molecule has 0 saturated carbocycles. The smallest absolute Gasteiger partial charge is 0.323 e. The van der Waals surface area contributed by atoms with Crippen LogP contribution in [0.4, 0.5) is 5.95 Å². The van der Waals surface area contributed by atoms with Crippen LogP contribution in [-0.4, -0.2) is 38.3 Å². The molecule has 0 aliphatic carbocycles. The molecule has 4 N–H and O–H groups in total. The highest BCUT2D eigenvalue weighted by molar-refractivity contribution is 5.74. The molecular weight excluding hydrogens is 296 g/mol. The Kier molecular flexibility index (Phi) is 6.02. The quantitative estimate of drug-likeness (QED) is 0.576. The van der Waals surface area contributed by atoms with Crippen molar-refractivity contribution in [3.8, 4) is 0 Å². The van der Waals surface area contributed by atoms with Crippen LogP contribution < -0.4 is 10.6 Å². The number of carbonyl (C=O) groups is 1. The summed E-state index contributed by atoms with van der Waals surface area (Å²) in [5.74, 6) is -0.593. The second-order valence-electron chi connectivity index (χ2n) is 5.19. The first-order valence-electron chi connectivity index (χ1n) is 7.29. The number of benzene rings is 1. The Morgan fingerprint density at radius 1 is 1.13 bits per heavy atom. The lowest BCUT2D eigenvalue weighted by Gasteiger charge is -2.16. The van der Waals surface area contributed by atoms with Crippen molar-refractivity contribution in [2.45, 2.75) is 32.2 Å². The molecule has 0 unspecified atom stereocenters. The van der Waals surface area contributed by atoms with E-state index in [1.54, 1.807) is 12.4 Å². The molecule has 2 atom stereocenters. The Labute approximate surface area is 134 Å². The van der Waals surface area contributed by atoms with Crippen LogP contribution in [0.2, 0.25) is 0 Å². The fourth-order valence-electron chi connectivity index (χ4n) is 2.01. The fraction of sp³-hybridized carbons (Fsp3) is 0.312. The van der Waals surface area contributed by atoms with E-state index in [9.17, 15) is 9.90 Å². The van der Waals surface area contributed by atoms with Gasteiger partial charge >= 0.3 is 5.97 Å². The molecule has 0 bridgehead atoms. The van der Waals surface area contributed by atoms with Gasteiger partial charge < -0.3 is 15.5 Å². The largest absolute Gasteiger partial charge is 0.480 e. The summed E-state index contributed by atoms with van der Waals surface area (Å²) >= 11 is 0. The van der Waals surface area contributed by atoms with E-state index in [0.29, 0.717) is 12.5 Å². The molecule has 0 amide bonds. The first-order valence-corrected chi connectivity index (χ1v) is 7.29. The van der Waals surface area contributed by atoms with Crippen molar-refractivity contribution in [2.75, 3.05) is 5.32 Å². The van der Waals surface area contributed by atoms with Gasteiger partial charge in [0.05, 0.1) is 6.10 Å². The first-order chi connectivity index (χ1) is 11.1. The van der Waals surface area contributed by atoms with E-state index in [1.165, 1.54) is 6.92 Å². The molecule has 7 nitrogen and oxygen atoms in total. The molecule has 0 radical (unpaired) electrons. The minimum atomic E-state index is -1.10. The van der Waals surface area contributed by atoms with E-state index in [1.807, 2.05) is 30.3 Å². The van der Waals surface area contributed by atoms with Gasteiger partial charge in [0, 0.05) is 31.0 Å². The Hall–Kier alpha value is -2.51. The summed E-state index contributed by atoms with van der Waals surface area (Å²) in [7, 11) is 0. The number of carboxylic acids is 1. The van der Waals surface area contributed by atoms with Crippen molar-refractivity contribution in [2.24, 2.45) is 0 Å². The van der Waals surface area contributed by atoms with Gasteiger partial charge in [-0.25, -0.2) is 9.97 Å². The Bertz CT molecular complexity index is 617. The Morgan fingerprint density at radius 3 is 2.35 bits per heavy atom. The average molecular weight is 316 g/mol. The number of carboxylic acid groups (broad SMARTS) is 1. The van der Waals surface area contributed by atoms with E-state index < -0.39 is 18.1 Å². The number of nitrogens with one attached hydrogen (secondary N) is 2. The summed E-state index contributed by atoms with van der Waals surface area (Å²) in [6, 6.07) is 8.88. The molecule has 1 aromatic carbocycles. The van der Waals surface area contributed by atoms with E-state index >= 15 is 0 Å². The molecule has 0 spiro atoms. The van der Waals surface area contributed by atoms with E-state index in [-0.39, 0.29) is 6.54 Å². The van der Waals surface area contributed by atoms with Gasteiger partial charge in [-0.05, 0) is 12.5 Å². The third-order valence-electron chi connectivity index (χ3n) is 3.27. The molecule has 0 fully saturated rings. The highest BCUT2D eigenvalue weighted by atomic mass is 16.4. The number of aromatic nitrogens is 2. The summed E-state index contributed by atoms with van der Waals surface area (Å²) in [6.45, 7) is 2.32. The second-order valence-corrected chi connectivity index (χ2v) is 5.19. The van der Waals surface area contributed by atoms with Crippen molar-refractivity contribution in [3.05, 3.63) is 53.9 Å². The minimum Gasteiger partial charge on any atom is -0.480 e. The van der Waals surface area contributed by atoms with Crippen molar-refractivity contribution in [1.82, 2.24) is 15.3 Å². The molecule has 2 aromatic rings. The maximum atomic E-state index is 11.0. The maximum absolute atomic E-state index is 11.0. The van der Waals surface area contributed by atoms with Gasteiger partial charge in [-0.1, -0.05) is 30.3 Å². The van der Waals surface area contributed by atoms with Crippen LogP contribution in [-0.2, 0) is 17.9 Å². The SMILES string of the molecule is C[C@H](O)[C@H](NCc1cnc(NCc2ccccc2)nc1)C(=O)O. The predicted octanol–water partition coefficient (Wildman–Crippen LogP) is 1.01. The van der Waals surface area contributed by atoms with Crippen LogP contribution in [0.25, 0.3) is 0 Å². The monoisotopic (exact) mass is 316 g/mol. The zero-order valence-electron chi connectivity index (χ0n) is 12.8. The zero-order chi connectivity index (χ0) is 16.7. The minimum absolute atomic E-state index is 0.265. The van der Waals surface area contributed by atoms with Crippen molar-refractivity contribution >= 4 is 11.9 Å². The van der Waals surface area contributed by atoms with Gasteiger partial charge in [-0.3, -0.25) is 10.1 Å². The van der Waals surface area contributed by atoms with Crippen LogP contribution in [0.3, 0.4) is 0 Å². The third kappa shape index (κ3) is 5.32.